The monoisotopic (exact) mass is 376 g/mol. The van der Waals surface area contributed by atoms with Gasteiger partial charge in [0.25, 0.3) is 0 Å². The molecule has 1 aromatic heterocycles. The Morgan fingerprint density at radius 3 is 2.31 bits per heavy atom. The summed E-state index contributed by atoms with van der Waals surface area (Å²) in [5.74, 6) is 1.31. The summed E-state index contributed by atoms with van der Waals surface area (Å²) in [5.41, 5.74) is 5.16. The predicted molar refractivity (Wildman–Crippen MR) is 105 cm³/mol. The fourth-order valence-electron chi connectivity index (χ4n) is 2.94. The van der Waals surface area contributed by atoms with Crippen molar-refractivity contribution < 1.29 is 5.11 Å². The first-order valence-electron chi connectivity index (χ1n) is 8.77. The van der Waals surface area contributed by atoms with E-state index >= 15 is 0 Å². The Balaban J connectivity index is 2.04. The molecule has 1 aromatic carbocycles. The number of nitrogens with one attached hydrogen (secondary N) is 2. The van der Waals surface area contributed by atoms with Gasteiger partial charge in [-0.25, -0.2) is 0 Å². The quantitative estimate of drug-likeness (QED) is 0.668. The molecule has 0 radical (unpaired) electrons. The highest BCUT2D eigenvalue weighted by Crippen LogP contribution is 2.41. The van der Waals surface area contributed by atoms with Crippen molar-refractivity contribution in [1.29, 1.82) is 0 Å². The summed E-state index contributed by atoms with van der Waals surface area (Å²) in [4.78, 5) is 8.84. The maximum Gasteiger partial charge on any atom is 0.226 e. The zero-order chi connectivity index (χ0) is 18.8. The first-order valence-corrected chi connectivity index (χ1v) is 9.14. The molecular weight excluding hydrogens is 352 g/mol. The molecule has 0 aliphatic carbocycles. The first-order chi connectivity index (χ1) is 12.4. The van der Waals surface area contributed by atoms with E-state index in [9.17, 15) is 5.11 Å². The Hall–Kier alpha value is -2.09. The average Bonchev–Trinajstić information content (AvgIpc) is 3.00. The number of fused-ring (bicyclic) bond motifs is 1. The second-order valence-electron chi connectivity index (χ2n) is 6.83. The number of benzene rings is 1. The van der Waals surface area contributed by atoms with E-state index in [1.165, 1.54) is 0 Å². The number of rotatable bonds is 6. The van der Waals surface area contributed by atoms with Gasteiger partial charge in [-0.1, -0.05) is 30.3 Å². The Morgan fingerprint density at radius 2 is 1.73 bits per heavy atom. The van der Waals surface area contributed by atoms with Crippen LogP contribution >= 0.6 is 11.6 Å². The molecule has 1 aliphatic heterocycles. The van der Waals surface area contributed by atoms with Crippen LogP contribution < -0.4 is 20.9 Å². The molecule has 3 N–H and O–H groups in total. The first kappa shape index (κ1) is 18.7. The van der Waals surface area contributed by atoms with Crippen molar-refractivity contribution in [2.75, 3.05) is 21.9 Å². The van der Waals surface area contributed by atoms with E-state index in [0.717, 1.165) is 17.1 Å². The van der Waals surface area contributed by atoms with Crippen LogP contribution in [0.5, 0.6) is 0 Å². The van der Waals surface area contributed by atoms with Crippen LogP contribution in [-0.2, 0) is 0 Å². The zero-order valence-corrected chi connectivity index (χ0v) is 16.2. The van der Waals surface area contributed by atoms with E-state index in [2.05, 4.69) is 48.5 Å². The molecule has 26 heavy (non-hydrogen) atoms. The summed E-state index contributed by atoms with van der Waals surface area (Å²) in [6.07, 6.45) is 0. The summed E-state index contributed by atoms with van der Waals surface area (Å²) >= 11 is 6.20. The largest absolute Gasteiger partial charge is 0.394 e. The molecule has 1 atom stereocenters. The number of aliphatic hydroxyl groups excluding tert-OH is 1. The van der Waals surface area contributed by atoms with Gasteiger partial charge in [-0.3, -0.25) is 10.0 Å². The number of hydrogen-bond acceptors (Lipinski definition) is 7. The minimum Gasteiger partial charge on any atom is -0.394 e. The van der Waals surface area contributed by atoms with E-state index in [-0.39, 0.29) is 30.0 Å². The third-order valence-corrected chi connectivity index (χ3v) is 4.42. The molecule has 0 saturated carbocycles. The van der Waals surface area contributed by atoms with Crippen molar-refractivity contribution in [2.45, 2.75) is 45.8 Å². The molecule has 8 heteroatoms. The molecule has 140 valence electrons. The summed E-state index contributed by atoms with van der Waals surface area (Å²) in [5, 5.41) is 17.4. The van der Waals surface area contributed by atoms with Gasteiger partial charge in [-0.2, -0.15) is 9.97 Å². The van der Waals surface area contributed by atoms with Crippen molar-refractivity contribution in [3.63, 3.8) is 0 Å². The van der Waals surface area contributed by atoms with Gasteiger partial charge >= 0.3 is 0 Å². The maximum atomic E-state index is 9.90. The van der Waals surface area contributed by atoms with E-state index in [1.54, 1.807) is 0 Å². The number of aromatic nitrogens is 2. The van der Waals surface area contributed by atoms with Crippen molar-refractivity contribution in [2.24, 2.45) is 0 Å². The number of hydrazine groups is 2. The molecule has 0 unspecified atom stereocenters. The summed E-state index contributed by atoms with van der Waals surface area (Å²) in [6, 6.07) is 9.83. The summed E-state index contributed by atoms with van der Waals surface area (Å²) < 4.78 is 0. The zero-order valence-electron chi connectivity index (χ0n) is 15.4. The Labute approximate surface area is 158 Å². The SMILES string of the molecule is CC(C)N1NN(C(C)C)c2c(N[C@@H](CO)c3ccccc3)nc(Cl)nc21. The minimum atomic E-state index is -0.298. The third kappa shape index (κ3) is 3.56. The van der Waals surface area contributed by atoms with Crippen LogP contribution in [-0.4, -0.2) is 33.8 Å². The van der Waals surface area contributed by atoms with Gasteiger partial charge in [0, 0.05) is 12.1 Å². The van der Waals surface area contributed by atoms with Gasteiger partial charge < -0.3 is 10.4 Å². The second-order valence-corrected chi connectivity index (χ2v) is 7.17. The highest BCUT2D eigenvalue weighted by Gasteiger charge is 2.35. The number of anilines is 3. The predicted octanol–water partition coefficient (Wildman–Crippen LogP) is 3.14. The van der Waals surface area contributed by atoms with E-state index in [0.29, 0.717) is 5.82 Å². The maximum absolute atomic E-state index is 9.90. The summed E-state index contributed by atoms with van der Waals surface area (Å²) in [6.45, 7) is 8.25. The smallest absolute Gasteiger partial charge is 0.226 e. The van der Waals surface area contributed by atoms with Crippen LogP contribution in [0.4, 0.5) is 17.3 Å². The third-order valence-electron chi connectivity index (χ3n) is 4.25. The summed E-state index contributed by atoms with van der Waals surface area (Å²) in [7, 11) is 0. The van der Waals surface area contributed by atoms with Crippen LogP contribution in [0.25, 0.3) is 0 Å². The molecule has 0 saturated heterocycles. The van der Waals surface area contributed by atoms with E-state index in [1.807, 2.05) is 40.3 Å². The van der Waals surface area contributed by atoms with Crippen molar-refractivity contribution in [3.05, 3.63) is 41.2 Å². The molecule has 0 fully saturated rings. The fraction of sp³-hybridized carbons (Fsp3) is 0.444. The number of nitrogens with zero attached hydrogens (tertiary/aromatic N) is 4. The standard InChI is InChI=1S/C18H25ClN6O/c1-11(2)24-15-16(20-14(10-26)13-8-6-5-7-9-13)21-18(19)22-17(15)25(23-24)12(3)4/h5-9,11-12,14,23,26H,10H2,1-4H3,(H,20,21,22)/t14-/m0/s1. The van der Waals surface area contributed by atoms with Gasteiger partial charge in [0.1, 0.15) is 5.69 Å². The normalized spacial score (nSPS) is 14.9. The molecule has 7 nitrogen and oxygen atoms in total. The number of halogens is 1. The lowest BCUT2D eigenvalue weighted by Crippen LogP contribution is -2.50. The molecule has 0 bridgehead atoms. The number of aliphatic hydroxyl groups is 1. The molecular formula is C18H25ClN6O. The van der Waals surface area contributed by atoms with Gasteiger partial charge in [0.15, 0.2) is 11.6 Å². The highest BCUT2D eigenvalue weighted by atomic mass is 35.5. The molecule has 2 heterocycles. The van der Waals surface area contributed by atoms with Crippen LogP contribution in [0, 0.1) is 0 Å². The van der Waals surface area contributed by atoms with Gasteiger partial charge in [0.2, 0.25) is 5.28 Å². The lowest BCUT2D eigenvalue weighted by atomic mass is 10.1. The van der Waals surface area contributed by atoms with Crippen molar-refractivity contribution in [3.8, 4) is 0 Å². The lowest BCUT2D eigenvalue weighted by Gasteiger charge is -2.28. The highest BCUT2D eigenvalue weighted by molar-refractivity contribution is 6.28. The fourth-order valence-corrected chi connectivity index (χ4v) is 3.10. The second kappa shape index (κ2) is 7.65. The Kier molecular flexibility index (Phi) is 5.50. The van der Waals surface area contributed by atoms with E-state index in [4.69, 9.17) is 11.6 Å². The van der Waals surface area contributed by atoms with Gasteiger partial charge in [0.05, 0.1) is 12.6 Å². The van der Waals surface area contributed by atoms with Crippen LogP contribution in [0.1, 0.15) is 39.3 Å². The van der Waals surface area contributed by atoms with Crippen LogP contribution in [0.2, 0.25) is 5.28 Å². The van der Waals surface area contributed by atoms with E-state index < -0.39 is 0 Å². The average molecular weight is 377 g/mol. The van der Waals surface area contributed by atoms with Crippen molar-refractivity contribution in [1.82, 2.24) is 15.5 Å². The van der Waals surface area contributed by atoms with Crippen molar-refractivity contribution >= 4 is 28.9 Å². The Morgan fingerprint density at radius 1 is 1.08 bits per heavy atom. The number of hydrogen-bond donors (Lipinski definition) is 3. The Bertz CT molecular complexity index is 755. The molecule has 3 rings (SSSR count). The molecule has 1 aliphatic rings. The van der Waals surface area contributed by atoms with Crippen LogP contribution in [0.3, 0.4) is 0 Å². The van der Waals surface area contributed by atoms with Crippen LogP contribution in [0.15, 0.2) is 30.3 Å². The minimum absolute atomic E-state index is 0.0661. The van der Waals surface area contributed by atoms with Gasteiger partial charge in [-0.05, 0) is 44.9 Å². The molecule has 0 amide bonds. The molecule has 2 aromatic rings. The lowest BCUT2D eigenvalue weighted by molar-refractivity contribution is 0.276. The topological polar surface area (TPSA) is 76.5 Å². The van der Waals surface area contributed by atoms with Gasteiger partial charge in [-0.15, -0.1) is 5.53 Å². The molecule has 0 spiro atoms.